The van der Waals surface area contributed by atoms with Gasteiger partial charge in [-0.15, -0.1) is 0 Å². The lowest BCUT2D eigenvalue weighted by Crippen LogP contribution is -2.41. The maximum Gasteiger partial charge on any atom is 0.303 e. The van der Waals surface area contributed by atoms with Crippen molar-refractivity contribution >= 4 is 28.6 Å². The van der Waals surface area contributed by atoms with E-state index in [0.717, 1.165) is 43.4 Å². The third-order valence-corrected chi connectivity index (χ3v) is 8.20. The minimum atomic E-state index is -1.08. The van der Waals surface area contributed by atoms with Gasteiger partial charge in [0.2, 0.25) is 0 Å². The summed E-state index contributed by atoms with van der Waals surface area (Å²) in [6.07, 6.45) is 6.08. The van der Waals surface area contributed by atoms with Crippen LogP contribution in [0.15, 0.2) is 30.5 Å². The SMILES string of the molecule is CCCSCCCN1CCC(CC[C@H](F)c2ccnc3ccc(OC)cc23)C(CCC(=O)O)C1. The number of methoxy groups -OCH3 is 1. The van der Waals surface area contributed by atoms with Crippen LogP contribution in [-0.2, 0) is 4.79 Å². The van der Waals surface area contributed by atoms with E-state index in [1.165, 1.54) is 24.3 Å². The monoisotopic (exact) mass is 490 g/mol. The normalized spacial score (nSPS) is 19.9. The first-order chi connectivity index (χ1) is 16.5. The summed E-state index contributed by atoms with van der Waals surface area (Å²) in [6, 6.07) is 7.34. The Morgan fingerprint density at radius 2 is 2.15 bits per heavy atom. The minimum Gasteiger partial charge on any atom is -0.497 e. The van der Waals surface area contributed by atoms with Crippen LogP contribution >= 0.6 is 11.8 Å². The van der Waals surface area contributed by atoms with Crippen LogP contribution < -0.4 is 4.74 Å². The van der Waals surface area contributed by atoms with Gasteiger partial charge in [0.1, 0.15) is 11.9 Å². The molecule has 3 rings (SSSR count). The van der Waals surface area contributed by atoms with Gasteiger partial charge < -0.3 is 14.7 Å². The van der Waals surface area contributed by atoms with Crippen LogP contribution in [-0.4, -0.2) is 59.2 Å². The molecular formula is C27H39FN2O3S. The summed E-state index contributed by atoms with van der Waals surface area (Å²) in [5, 5.41) is 10.0. The maximum absolute atomic E-state index is 15.5. The van der Waals surface area contributed by atoms with Gasteiger partial charge in [0.15, 0.2) is 0 Å². The molecule has 1 aliphatic rings. The van der Waals surface area contributed by atoms with Gasteiger partial charge >= 0.3 is 5.97 Å². The number of likely N-dealkylation sites (tertiary alicyclic amines) is 1. The zero-order chi connectivity index (χ0) is 24.3. The van der Waals surface area contributed by atoms with Crippen LogP contribution in [0, 0.1) is 11.8 Å². The van der Waals surface area contributed by atoms with Gasteiger partial charge in [0, 0.05) is 24.5 Å². The van der Waals surface area contributed by atoms with Crippen molar-refractivity contribution in [2.45, 2.75) is 58.0 Å². The molecule has 2 heterocycles. The molecule has 0 bridgehead atoms. The lowest BCUT2D eigenvalue weighted by molar-refractivity contribution is -0.137. The van der Waals surface area contributed by atoms with Gasteiger partial charge in [0.05, 0.1) is 12.6 Å². The number of aromatic nitrogens is 1. The number of fused-ring (bicyclic) bond motifs is 1. The number of carboxylic acid groups (broad SMARTS) is 1. The molecule has 1 saturated heterocycles. The van der Waals surface area contributed by atoms with E-state index in [4.69, 9.17) is 4.74 Å². The van der Waals surface area contributed by atoms with Crippen molar-refractivity contribution in [3.8, 4) is 5.75 Å². The topological polar surface area (TPSA) is 62.7 Å². The quantitative estimate of drug-likeness (QED) is 0.311. The minimum absolute atomic E-state index is 0.190. The number of aliphatic carboxylic acids is 1. The number of hydrogen-bond donors (Lipinski definition) is 1. The zero-order valence-corrected chi connectivity index (χ0v) is 21.4. The van der Waals surface area contributed by atoms with Gasteiger partial charge in [0.25, 0.3) is 0 Å². The lowest BCUT2D eigenvalue weighted by atomic mass is 9.79. The first-order valence-corrected chi connectivity index (χ1v) is 13.8. The summed E-state index contributed by atoms with van der Waals surface area (Å²) in [4.78, 5) is 18.1. The summed E-state index contributed by atoms with van der Waals surface area (Å²) in [5.41, 5.74) is 1.43. The van der Waals surface area contributed by atoms with Gasteiger partial charge in [-0.25, -0.2) is 4.39 Å². The molecule has 5 nitrogen and oxygen atoms in total. The molecule has 7 heteroatoms. The Balaban J connectivity index is 1.59. The number of benzene rings is 1. The Morgan fingerprint density at radius 3 is 2.91 bits per heavy atom. The predicted molar refractivity (Wildman–Crippen MR) is 139 cm³/mol. The van der Waals surface area contributed by atoms with Crippen molar-refractivity contribution in [2.24, 2.45) is 11.8 Å². The molecule has 3 atom stereocenters. The van der Waals surface area contributed by atoms with Crippen LogP contribution in [0.3, 0.4) is 0 Å². The van der Waals surface area contributed by atoms with Crippen LogP contribution in [0.1, 0.15) is 63.6 Å². The first kappa shape index (κ1) is 26.7. The molecule has 0 aliphatic carbocycles. The van der Waals surface area contributed by atoms with E-state index < -0.39 is 12.1 Å². The highest BCUT2D eigenvalue weighted by Crippen LogP contribution is 2.36. The summed E-state index contributed by atoms with van der Waals surface area (Å²) in [6.45, 7) is 5.24. The number of rotatable bonds is 14. The molecule has 1 fully saturated rings. The second kappa shape index (κ2) is 13.9. The van der Waals surface area contributed by atoms with E-state index >= 15 is 4.39 Å². The fourth-order valence-corrected chi connectivity index (χ4v) is 5.90. The number of nitrogens with zero attached hydrogens (tertiary/aromatic N) is 2. The highest BCUT2D eigenvalue weighted by molar-refractivity contribution is 7.99. The van der Waals surface area contributed by atoms with Crippen molar-refractivity contribution < 1.29 is 19.0 Å². The number of alkyl halides is 1. The predicted octanol–water partition coefficient (Wildman–Crippen LogP) is 6.37. The molecule has 1 aromatic carbocycles. The van der Waals surface area contributed by atoms with Crippen molar-refractivity contribution in [3.05, 3.63) is 36.0 Å². The van der Waals surface area contributed by atoms with Crippen molar-refractivity contribution in [1.29, 1.82) is 0 Å². The number of hydrogen-bond acceptors (Lipinski definition) is 5. The van der Waals surface area contributed by atoms with E-state index in [1.54, 1.807) is 19.4 Å². The van der Waals surface area contributed by atoms with Gasteiger partial charge in [-0.1, -0.05) is 6.92 Å². The summed E-state index contributed by atoms with van der Waals surface area (Å²) >= 11 is 2.01. The molecule has 1 aliphatic heterocycles. The van der Waals surface area contributed by atoms with Crippen LogP contribution in [0.2, 0.25) is 0 Å². The zero-order valence-electron chi connectivity index (χ0n) is 20.5. The third-order valence-electron chi connectivity index (χ3n) is 6.93. The average Bonchev–Trinajstić information content (AvgIpc) is 2.85. The Hall–Kier alpha value is -1.86. The summed E-state index contributed by atoms with van der Waals surface area (Å²) in [5.74, 6) is 3.03. The highest BCUT2D eigenvalue weighted by Gasteiger charge is 2.30. The Bertz CT molecular complexity index is 913. The number of ether oxygens (including phenoxy) is 1. The molecule has 0 amide bonds. The first-order valence-electron chi connectivity index (χ1n) is 12.6. The fourth-order valence-electron chi connectivity index (χ4n) is 5.07. The van der Waals surface area contributed by atoms with Crippen LogP contribution in [0.5, 0.6) is 5.75 Å². The average molecular weight is 491 g/mol. The Labute approximate surface area is 207 Å². The molecule has 188 valence electrons. The van der Waals surface area contributed by atoms with Crippen LogP contribution in [0.25, 0.3) is 10.9 Å². The van der Waals surface area contributed by atoms with Gasteiger partial charge in [-0.3, -0.25) is 9.78 Å². The van der Waals surface area contributed by atoms with Gasteiger partial charge in [-0.05, 0) is 105 Å². The van der Waals surface area contributed by atoms with E-state index in [2.05, 4.69) is 16.8 Å². The third kappa shape index (κ3) is 7.84. The molecule has 0 saturated carbocycles. The molecule has 0 spiro atoms. The summed E-state index contributed by atoms with van der Waals surface area (Å²) in [7, 11) is 1.61. The van der Waals surface area contributed by atoms with E-state index in [9.17, 15) is 9.90 Å². The van der Waals surface area contributed by atoms with Crippen molar-refractivity contribution in [2.75, 3.05) is 38.2 Å². The number of thioether (sulfide) groups is 1. The molecule has 2 aromatic rings. The molecule has 2 unspecified atom stereocenters. The lowest BCUT2D eigenvalue weighted by Gasteiger charge is -2.39. The molecule has 1 N–H and O–H groups in total. The van der Waals surface area contributed by atoms with Crippen LogP contribution in [0.4, 0.5) is 4.39 Å². The number of pyridine rings is 1. The van der Waals surface area contributed by atoms with E-state index in [0.29, 0.717) is 36.0 Å². The molecular weight excluding hydrogens is 451 g/mol. The highest BCUT2D eigenvalue weighted by atomic mass is 32.2. The second-order valence-electron chi connectivity index (χ2n) is 9.34. The summed E-state index contributed by atoms with van der Waals surface area (Å²) < 4.78 is 20.8. The maximum atomic E-state index is 15.5. The van der Waals surface area contributed by atoms with Gasteiger partial charge in [-0.2, -0.15) is 11.8 Å². The van der Waals surface area contributed by atoms with E-state index in [1.807, 2.05) is 30.0 Å². The number of carboxylic acids is 1. The second-order valence-corrected chi connectivity index (χ2v) is 10.6. The molecule has 0 radical (unpaired) electrons. The van der Waals surface area contributed by atoms with Crippen molar-refractivity contribution in [1.82, 2.24) is 9.88 Å². The largest absolute Gasteiger partial charge is 0.497 e. The number of carbonyl (C=O) groups is 1. The standard InChI is InChI=1S/C27H39FN2O3S/c1-3-16-34-17-4-14-30-15-12-20(21(19-30)6-10-27(31)32)5-8-25(28)23-11-13-29-26-9-7-22(33-2)18-24(23)26/h7,9,11,13,18,20-21,25H,3-6,8,10,12,14-17,19H2,1-2H3,(H,31,32)/t20?,21?,25-/m0/s1. The number of piperidine rings is 1. The smallest absolute Gasteiger partial charge is 0.303 e. The fraction of sp³-hybridized carbons (Fsp3) is 0.630. The Kier molecular flexibility index (Phi) is 10.9. The van der Waals surface area contributed by atoms with E-state index in [-0.39, 0.29) is 6.42 Å². The van der Waals surface area contributed by atoms with Crippen molar-refractivity contribution in [3.63, 3.8) is 0 Å². The Morgan fingerprint density at radius 1 is 1.29 bits per heavy atom. The molecule has 1 aromatic heterocycles. The number of halogens is 1. The molecule has 34 heavy (non-hydrogen) atoms.